The number of aromatic nitrogens is 1. The lowest BCUT2D eigenvalue weighted by Gasteiger charge is -2.11. The molecule has 0 radical (unpaired) electrons. The van der Waals surface area contributed by atoms with Crippen LogP contribution in [0.25, 0.3) is 22.2 Å². The summed E-state index contributed by atoms with van der Waals surface area (Å²) < 4.78 is 14.2. The second-order valence-corrected chi connectivity index (χ2v) is 6.58. The third kappa shape index (κ3) is 2.51. The largest absolute Gasteiger partial charge is 0.493 e. The van der Waals surface area contributed by atoms with Gasteiger partial charge in [0.05, 0.1) is 19.9 Å². The summed E-state index contributed by atoms with van der Waals surface area (Å²) in [5.41, 5.74) is 6.03. The first-order valence-corrected chi connectivity index (χ1v) is 8.24. The fourth-order valence-electron chi connectivity index (χ4n) is 3.14. The maximum atomic E-state index is 5.45. The van der Waals surface area contributed by atoms with Crippen LogP contribution in [0.3, 0.4) is 0 Å². The van der Waals surface area contributed by atoms with Crippen molar-refractivity contribution < 1.29 is 9.47 Å². The molecular weight excluding hydrogens is 354 g/mol. The number of benzene rings is 2. The van der Waals surface area contributed by atoms with Crippen molar-refractivity contribution in [3.8, 4) is 22.8 Å². The van der Waals surface area contributed by atoms with Crippen LogP contribution < -0.4 is 9.47 Å². The lowest BCUT2D eigenvalue weighted by Crippen LogP contribution is -1.95. The molecule has 0 spiro atoms. The molecule has 0 fully saturated rings. The van der Waals surface area contributed by atoms with Crippen LogP contribution in [0.15, 0.2) is 34.8 Å². The van der Waals surface area contributed by atoms with Crippen LogP contribution in [0.5, 0.6) is 11.5 Å². The van der Waals surface area contributed by atoms with Crippen molar-refractivity contribution >= 4 is 26.8 Å². The van der Waals surface area contributed by atoms with Crippen molar-refractivity contribution in [2.24, 2.45) is 7.05 Å². The first-order chi connectivity index (χ1) is 11.0. The van der Waals surface area contributed by atoms with Crippen molar-refractivity contribution in [1.29, 1.82) is 0 Å². The lowest BCUT2D eigenvalue weighted by atomic mass is 10.1. The molecule has 3 aromatic rings. The van der Waals surface area contributed by atoms with Gasteiger partial charge in [-0.3, -0.25) is 0 Å². The predicted molar refractivity (Wildman–Crippen MR) is 98.6 cm³/mol. The normalized spacial score (nSPS) is 11.0. The van der Waals surface area contributed by atoms with Gasteiger partial charge in [0.1, 0.15) is 0 Å². The minimum absolute atomic E-state index is 0.742. The zero-order chi connectivity index (χ0) is 16.7. The summed E-state index contributed by atoms with van der Waals surface area (Å²) in [5.74, 6) is 1.48. The monoisotopic (exact) mass is 373 g/mol. The van der Waals surface area contributed by atoms with E-state index in [4.69, 9.17) is 9.47 Å². The molecule has 3 nitrogen and oxygen atoms in total. The van der Waals surface area contributed by atoms with Gasteiger partial charge in [0.2, 0.25) is 0 Å². The van der Waals surface area contributed by atoms with Gasteiger partial charge in [0.15, 0.2) is 11.5 Å². The molecule has 0 aliphatic carbocycles. The number of methoxy groups -OCH3 is 2. The van der Waals surface area contributed by atoms with Gasteiger partial charge < -0.3 is 14.0 Å². The summed E-state index contributed by atoms with van der Waals surface area (Å²) in [6.45, 7) is 4.28. The Kier molecular flexibility index (Phi) is 4.11. The highest BCUT2D eigenvalue weighted by Gasteiger charge is 2.16. The van der Waals surface area contributed by atoms with E-state index in [0.717, 1.165) is 21.5 Å². The summed E-state index contributed by atoms with van der Waals surface area (Å²) in [7, 11) is 5.42. The Morgan fingerprint density at radius 2 is 1.65 bits per heavy atom. The first-order valence-electron chi connectivity index (χ1n) is 7.45. The number of halogens is 1. The van der Waals surface area contributed by atoms with Crippen molar-refractivity contribution in [3.05, 3.63) is 45.9 Å². The molecule has 0 bridgehead atoms. The summed E-state index contributed by atoms with van der Waals surface area (Å²) >= 11 is 3.64. The third-order valence-electron chi connectivity index (χ3n) is 4.39. The third-order valence-corrected chi connectivity index (χ3v) is 5.24. The molecule has 3 rings (SSSR count). The van der Waals surface area contributed by atoms with E-state index in [-0.39, 0.29) is 0 Å². The van der Waals surface area contributed by atoms with Gasteiger partial charge >= 0.3 is 0 Å². The second-order valence-electron chi connectivity index (χ2n) is 5.72. The van der Waals surface area contributed by atoms with E-state index in [1.54, 1.807) is 14.2 Å². The summed E-state index contributed by atoms with van der Waals surface area (Å²) in [6.07, 6.45) is 0. The first kappa shape index (κ1) is 15.9. The van der Waals surface area contributed by atoms with Crippen LogP contribution in [0.1, 0.15) is 11.1 Å². The molecule has 0 amide bonds. The molecular formula is C19H20BrNO2. The van der Waals surface area contributed by atoms with E-state index in [9.17, 15) is 0 Å². The Morgan fingerprint density at radius 3 is 2.30 bits per heavy atom. The molecule has 1 aromatic heterocycles. The molecule has 0 atom stereocenters. The summed E-state index contributed by atoms with van der Waals surface area (Å²) in [5, 5.41) is 1.26. The van der Waals surface area contributed by atoms with Crippen molar-refractivity contribution in [1.82, 2.24) is 4.57 Å². The van der Waals surface area contributed by atoms with E-state index in [2.05, 4.69) is 59.6 Å². The molecule has 4 heteroatoms. The van der Waals surface area contributed by atoms with Gasteiger partial charge in [-0.25, -0.2) is 0 Å². The molecule has 0 saturated carbocycles. The van der Waals surface area contributed by atoms with Crippen molar-refractivity contribution in [3.63, 3.8) is 0 Å². The molecule has 120 valence electrons. The van der Waals surface area contributed by atoms with E-state index in [1.165, 1.54) is 27.7 Å². The summed E-state index contributed by atoms with van der Waals surface area (Å²) in [4.78, 5) is 0. The zero-order valence-electron chi connectivity index (χ0n) is 14.0. The quantitative estimate of drug-likeness (QED) is 0.626. The van der Waals surface area contributed by atoms with E-state index in [0.29, 0.717) is 0 Å². The number of rotatable bonds is 3. The van der Waals surface area contributed by atoms with Crippen molar-refractivity contribution in [2.75, 3.05) is 14.2 Å². The molecule has 1 heterocycles. The number of hydrogen-bond acceptors (Lipinski definition) is 2. The van der Waals surface area contributed by atoms with Gasteiger partial charge in [-0.05, 0) is 55.3 Å². The highest BCUT2D eigenvalue weighted by atomic mass is 79.9. The van der Waals surface area contributed by atoms with Crippen LogP contribution >= 0.6 is 15.9 Å². The number of aryl methyl sites for hydroxylation is 3. The second kappa shape index (κ2) is 5.93. The van der Waals surface area contributed by atoms with Crippen LogP contribution in [-0.2, 0) is 7.05 Å². The number of fused-ring (bicyclic) bond motifs is 1. The fraction of sp³-hybridized carbons (Fsp3) is 0.263. The highest BCUT2D eigenvalue weighted by molar-refractivity contribution is 9.10. The molecule has 2 aromatic carbocycles. The Balaban J connectivity index is 2.28. The molecule has 0 saturated heterocycles. The van der Waals surface area contributed by atoms with E-state index < -0.39 is 0 Å². The fourth-order valence-corrected chi connectivity index (χ4v) is 3.48. The van der Waals surface area contributed by atoms with Crippen LogP contribution in [0.2, 0.25) is 0 Å². The van der Waals surface area contributed by atoms with Gasteiger partial charge in [0.25, 0.3) is 0 Å². The number of nitrogens with zero attached hydrogens (tertiary/aromatic N) is 1. The van der Waals surface area contributed by atoms with Crippen molar-refractivity contribution in [2.45, 2.75) is 13.8 Å². The maximum absolute atomic E-state index is 5.45. The SMILES string of the molecule is COc1ccc(-c2c(C)c3cc(Br)c(C)cc3n2C)cc1OC. The van der Waals surface area contributed by atoms with Crippen LogP contribution in [0, 0.1) is 13.8 Å². The maximum Gasteiger partial charge on any atom is 0.161 e. The Morgan fingerprint density at radius 1 is 0.957 bits per heavy atom. The lowest BCUT2D eigenvalue weighted by molar-refractivity contribution is 0.355. The smallest absolute Gasteiger partial charge is 0.161 e. The topological polar surface area (TPSA) is 23.4 Å². The van der Waals surface area contributed by atoms with E-state index in [1.807, 2.05) is 12.1 Å². The predicted octanol–water partition coefficient (Wildman–Crippen LogP) is 5.24. The van der Waals surface area contributed by atoms with Gasteiger partial charge in [-0.15, -0.1) is 0 Å². The van der Waals surface area contributed by atoms with Crippen LogP contribution in [-0.4, -0.2) is 18.8 Å². The minimum Gasteiger partial charge on any atom is -0.493 e. The Bertz CT molecular complexity index is 851. The van der Waals surface area contributed by atoms with Gasteiger partial charge in [-0.1, -0.05) is 15.9 Å². The molecule has 0 aliphatic heterocycles. The number of hydrogen-bond donors (Lipinski definition) is 0. The van der Waals surface area contributed by atoms with Gasteiger partial charge in [0, 0.05) is 28.0 Å². The Hall–Kier alpha value is -1.94. The summed E-state index contributed by atoms with van der Waals surface area (Å²) in [6, 6.07) is 10.5. The zero-order valence-corrected chi connectivity index (χ0v) is 15.6. The average molecular weight is 374 g/mol. The molecule has 0 N–H and O–H groups in total. The standard InChI is InChI=1S/C19H20BrNO2/c1-11-8-16-14(10-15(11)20)12(2)19(21(16)3)13-6-7-17(22-4)18(9-13)23-5/h6-10H,1-5H3. The average Bonchev–Trinajstić information content (AvgIpc) is 2.78. The molecule has 0 unspecified atom stereocenters. The number of ether oxygens (including phenoxy) is 2. The Labute approximate surface area is 145 Å². The molecule has 23 heavy (non-hydrogen) atoms. The molecule has 0 aliphatic rings. The van der Waals surface area contributed by atoms with E-state index >= 15 is 0 Å². The van der Waals surface area contributed by atoms with Gasteiger partial charge in [-0.2, -0.15) is 0 Å². The minimum atomic E-state index is 0.742. The highest BCUT2D eigenvalue weighted by Crippen LogP contribution is 2.38. The van der Waals surface area contributed by atoms with Crippen LogP contribution in [0.4, 0.5) is 0 Å².